The largest absolute Gasteiger partial charge is 0.445 e. The first-order valence-corrected chi connectivity index (χ1v) is 13.1. The number of nitrogens with zero attached hydrogens (tertiary/aromatic N) is 1. The van der Waals surface area contributed by atoms with E-state index in [4.69, 9.17) is 4.74 Å². The standard InChI is InChI=1S/C27H37F3N2O5/c1-25-11-10-22(37-24(36)31-18-7-5-6-17(14-18)27(28,29)30)26(2,16-33)21(25)9-8-20(34)19(25)15-23(35)32-12-3-4-13-32/h5-7,14,19-22,33-34H,3-4,8-13,15-16H2,1-2H3,(H,31,36)/t19-,20-,21-,22-,25+,26+/m1/s1. The number of hydrogen-bond donors (Lipinski definition) is 3. The van der Waals surface area contributed by atoms with Crippen molar-refractivity contribution < 1.29 is 37.7 Å². The Morgan fingerprint density at radius 1 is 1.16 bits per heavy atom. The first-order valence-electron chi connectivity index (χ1n) is 13.1. The normalized spacial score (nSPS) is 34.1. The lowest BCUT2D eigenvalue weighted by atomic mass is 9.46. The summed E-state index contributed by atoms with van der Waals surface area (Å²) < 4.78 is 44.8. The van der Waals surface area contributed by atoms with Gasteiger partial charge < -0.3 is 19.8 Å². The fraction of sp³-hybridized carbons (Fsp3) is 0.704. The molecular weight excluding hydrogens is 489 g/mol. The summed E-state index contributed by atoms with van der Waals surface area (Å²) >= 11 is 0. The number of fused-ring (bicyclic) bond motifs is 1. The number of nitrogens with one attached hydrogen (secondary N) is 1. The molecule has 2 saturated carbocycles. The highest BCUT2D eigenvalue weighted by atomic mass is 19.4. The maximum Gasteiger partial charge on any atom is 0.416 e. The molecule has 1 aromatic carbocycles. The Kier molecular flexibility index (Phi) is 7.82. The Morgan fingerprint density at radius 2 is 1.86 bits per heavy atom. The van der Waals surface area contributed by atoms with Crippen molar-refractivity contribution in [2.45, 2.75) is 77.2 Å². The van der Waals surface area contributed by atoms with Crippen molar-refractivity contribution in [3.05, 3.63) is 29.8 Å². The van der Waals surface area contributed by atoms with Gasteiger partial charge in [0.2, 0.25) is 5.91 Å². The smallest absolute Gasteiger partial charge is 0.416 e. The molecule has 0 radical (unpaired) electrons. The summed E-state index contributed by atoms with van der Waals surface area (Å²) in [5.41, 5.74) is -2.20. The topological polar surface area (TPSA) is 99.1 Å². The van der Waals surface area contributed by atoms with E-state index >= 15 is 0 Å². The number of ether oxygens (including phenoxy) is 1. The van der Waals surface area contributed by atoms with E-state index in [0.29, 0.717) is 25.7 Å². The van der Waals surface area contributed by atoms with E-state index in [0.717, 1.165) is 38.1 Å². The summed E-state index contributed by atoms with van der Waals surface area (Å²) in [6.45, 7) is 5.14. The molecule has 1 aromatic rings. The average molecular weight is 527 g/mol. The summed E-state index contributed by atoms with van der Waals surface area (Å²) in [6, 6.07) is 4.32. The van der Waals surface area contributed by atoms with Crippen molar-refractivity contribution in [1.29, 1.82) is 0 Å². The molecule has 10 heteroatoms. The van der Waals surface area contributed by atoms with E-state index in [2.05, 4.69) is 12.2 Å². The van der Waals surface area contributed by atoms with Gasteiger partial charge in [-0.05, 0) is 74.0 Å². The maximum atomic E-state index is 13.0. The summed E-state index contributed by atoms with van der Waals surface area (Å²) in [6.07, 6.45) is -2.42. The van der Waals surface area contributed by atoms with Gasteiger partial charge in [0.05, 0.1) is 18.3 Å². The Labute approximate surface area is 215 Å². The van der Waals surface area contributed by atoms with Crippen LogP contribution >= 0.6 is 0 Å². The highest BCUT2D eigenvalue weighted by molar-refractivity contribution is 5.84. The van der Waals surface area contributed by atoms with E-state index in [1.165, 1.54) is 12.1 Å². The number of aliphatic hydroxyl groups is 2. The van der Waals surface area contributed by atoms with Crippen molar-refractivity contribution in [2.24, 2.45) is 22.7 Å². The van der Waals surface area contributed by atoms with Crippen LogP contribution in [0.5, 0.6) is 0 Å². The van der Waals surface area contributed by atoms with Gasteiger partial charge in [0, 0.05) is 30.6 Å². The second kappa shape index (κ2) is 10.4. The van der Waals surface area contributed by atoms with Gasteiger partial charge in [0.1, 0.15) is 6.10 Å². The Hall–Kier alpha value is -2.33. The predicted molar refractivity (Wildman–Crippen MR) is 131 cm³/mol. The van der Waals surface area contributed by atoms with Crippen LogP contribution in [0.3, 0.4) is 0 Å². The van der Waals surface area contributed by atoms with Gasteiger partial charge in [-0.25, -0.2) is 4.79 Å². The third-order valence-electron chi connectivity index (χ3n) is 9.22. The number of benzene rings is 1. The van der Waals surface area contributed by atoms with Crippen LogP contribution < -0.4 is 5.32 Å². The molecule has 6 atom stereocenters. The molecule has 1 aliphatic heterocycles. The van der Waals surface area contributed by atoms with Crippen molar-refractivity contribution in [1.82, 2.24) is 4.90 Å². The fourth-order valence-electron chi connectivity index (χ4n) is 7.11. The van der Waals surface area contributed by atoms with Crippen LogP contribution in [0.25, 0.3) is 0 Å². The lowest BCUT2D eigenvalue weighted by Gasteiger charge is -2.60. The molecule has 7 nitrogen and oxygen atoms in total. The molecule has 2 aliphatic carbocycles. The van der Waals surface area contributed by atoms with Crippen LogP contribution in [0.2, 0.25) is 0 Å². The van der Waals surface area contributed by atoms with Crippen LogP contribution in [0.4, 0.5) is 23.7 Å². The van der Waals surface area contributed by atoms with Crippen LogP contribution in [0, 0.1) is 22.7 Å². The van der Waals surface area contributed by atoms with E-state index in [-0.39, 0.29) is 36.5 Å². The molecular formula is C27H37F3N2O5. The molecule has 0 bridgehead atoms. The number of halogens is 3. The molecule has 0 aromatic heterocycles. The maximum absolute atomic E-state index is 13.0. The second-order valence-electron chi connectivity index (χ2n) is 11.4. The third-order valence-corrected chi connectivity index (χ3v) is 9.22. The quantitative estimate of drug-likeness (QED) is 0.511. The lowest BCUT2D eigenvalue weighted by Crippen LogP contribution is -2.61. The zero-order chi connectivity index (χ0) is 27.0. The summed E-state index contributed by atoms with van der Waals surface area (Å²) in [7, 11) is 0. The Bertz CT molecular complexity index is 998. The van der Waals surface area contributed by atoms with Gasteiger partial charge in [-0.1, -0.05) is 19.9 Å². The van der Waals surface area contributed by atoms with Crippen molar-refractivity contribution >= 4 is 17.7 Å². The molecule has 2 amide bonds. The van der Waals surface area contributed by atoms with Crippen molar-refractivity contribution in [2.75, 3.05) is 25.0 Å². The number of carbonyl (C=O) groups is 2. The number of alkyl halides is 3. The Balaban J connectivity index is 1.49. The summed E-state index contributed by atoms with van der Waals surface area (Å²) in [5, 5.41) is 23.9. The third kappa shape index (κ3) is 5.46. The van der Waals surface area contributed by atoms with E-state index < -0.39 is 40.9 Å². The number of rotatable bonds is 5. The number of anilines is 1. The van der Waals surface area contributed by atoms with Gasteiger partial charge in [-0.15, -0.1) is 0 Å². The summed E-state index contributed by atoms with van der Waals surface area (Å²) in [4.78, 5) is 27.6. The molecule has 4 rings (SSSR count). The molecule has 1 saturated heterocycles. The number of amides is 2. The van der Waals surface area contributed by atoms with Crippen LogP contribution in [0.1, 0.15) is 64.4 Å². The first kappa shape index (κ1) is 27.7. The molecule has 3 aliphatic rings. The van der Waals surface area contributed by atoms with Crippen LogP contribution in [0.15, 0.2) is 24.3 Å². The number of aliphatic hydroxyl groups excluding tert-OH is 2. The van der Waals surface area contributed by atoms with Crippen LogP contribution in [-0.2, 0) is 15.7 Å². The zero-order valence-electron chi connectivity index (χ0n) is 21.4. The first-order chi connectivity index (χ1) is 17.4. The minimum Gasteiger partial charge on any atom is -0.445 e. The molecule has 0 spiro atoms. The number of likely N-dealkylation sites (tertiary alicyclic amines) is 1. The van der Waals surface area contributed by atoms with Gasteiger partial charge >= 0.3 is 12.3 Å². The summed E-state index contributed by atoms with van der Waals surface area (Å²) in [5.74, 6) is -0.344. The molecule has 0 unspecified atom stereocenters. The molecule has 3 N–H and O–H groups in total. The zero-order valence-corrected chi connectivity index (χ0v) is 21.4. The molecule has 37 heavy (non-hydrogen) atoms. The fourth-order valence-corrected chi connectivity index (χ4v) is 7.11. The number of hydrogen-bond acceptors (Lipinski definition) is 5. The van der Waals surface area contributed by atoms with Gasteiger partial charge in [-0.2, -0.15) is 13.2 Å². The second-order valence-corrected chi connectivity index (χ2v) is 11.4. The van der Waals surface area contributed by atoms with Gasteiger partial charge in [-0.3, -0.25) is 10.1 Å². The molecule has 3 fully saturated rings. The minimum atomic E-state index is -4.54. The highest BCUT2D eigenvalue weighted by Crippen LogP contribution is 2.61. The van der Waals surface area contributed by atoms with E-state index in [1.807, 2.05) is 11.8 Å². The monoisotopic (exact) mass is 526 g/mol. The average Bonchev–Trinajstić information content (AvgIpc) is 3.38. The molecule has 1 heterocycles. The van der Waals surface area contributed by atoms with Gasteiger partial charge in [0.25, 0.3) is 0 Å². The van der Waals surface area contributed by atoms with E-state index in [9.17, 15) is 33.0 Å². The van der Waals surface area contributed by atoms with Crippen LogP contribution in [-0.4, -0.2) is 59.0 Å². The SMILES string of the molecule is C[C@]1(CO)[C@@H]2CC[C@@H](O)[C@@H](CC(=O)N3CCCC3)[C@]2(C)CC[C@H]1OC(=O)Nc1cccc(C(F)(F)F)c1. The lowest BCUT2D eigenvalue weighted by molar-refractivity contribution is -0.186. The van der Waals surface area contributed by atoms with Crippen molar-refractivity contribution in [3.8, 4) is 0 Å². The highest BCUT2D eigenvalue weighted by Gasteiger charge is 2.60. The minimum absolute atomic E-state index is 0.0348. The van der Waals surface area contributed by atoms with E-state index in [1.54, 1.807) is 0 Å². The Morgan fingerprint density at radius 3 is 2.51 bits per heavy atom. The molecule has 206 valence electrons. The number of carbonyl (C=O) groups excluding carboxylic acids is 2. The predicted octanol–water partition coefficient (Wildman–Crippen LogP) is 4.82. The van der Waals surface area contributed by atoms with Gasteiger partial charge in [0.15, 0.2) is 0 Å². The van der Waals surface area contributed by atoms with Crippen molar-refractivity contribution in [3.63, 3.8) is 0 Å².